The van der Waals surface area contributed by atoms with Gasteiger partial charge in [0.05, 0.1) is 12.4 Å². The zero-order chi connectivity index (χ0) is 14.5. The number of amides is 2. The second-order valence-corrected chi connectivity index (χ2v) is 4.72. The van der Waals surface area contributed by atoms with Gasteiger partial charge >= 0.3 is 0 Å². The van der Waals surface area contributed by atoms with Gasteiger partial charge in [-0.15, -0.1) is 0 Å². The molecule has 0 bridgehead atoms. The van der Waals surface area contributed by atoms with E-state index in [0.29, 0.717) is 26.2 Å². The third-order valence-corrected chi connectivity index (χ3v) is 3.19. The first kappa shape index (κ1) is 14.7. The highest BCUT2D eigenvalue weighted by molar-refractivity contribution is 6.29. The van der Waals surface area contributed by atoms with E-state index >= 15 is 0 Å². The monoisotopic (exact) mass is 298 g/mol. The smallest absolute Gasteiger partial charge is 0.274 e. The van der Waals surface area contributed by atoms with Crippen molar-refractivity contribution >= 4 is 23.4 Å². The molecule has 7 nitrogen and oxygen atoms in total. The molecule has 0 spiro atoms. The van der Waals surface area contributed by atoms with E-state index in [2.05, 4.69) is 9.97 Å². The molecule has 1 aliphatic heterocycles. The predicted molar refractivity (Wildman–Crippen MR) is 71.4 cm³/mol. The largest absolute Gasteiger partial charge is 0.375 e. The molecule has 2 amide bonds. The summed E-state index contributed by atoms with van der Waals surface area (Å²) in [6, 6.07) is 0. The Bertz CT molecular complexity index is 503. The lowest BCUT2D eigenvalue weighted by molar-refractivity contribution is -0.136. The predicted octanol–water partition coefficient (Wildman–Crippen LogP) is 0.0608. The summed E-state index contributed by atoms with van der Waals surface area (Å²) in [5.74, 6) is -0.291. The van der Waals surface area contributed by atoms with E-state index in [1.165, 1.54) is 19.5 Å². The molecule has 20 heavy (non-hydrogen) atoms. The first-order valence-electron chi connectivity index (χ1n) is 6.15. The highest BCUT2D eigenvalue weighted by Crippen LogP contribution is 2.09. The number of ether oxygens (including phenoxy) is 1. The van der Waals surface area contributed by atoms with Gasteiger partial charge in [-0.3, -0.25) is 14.6 Å². The van der Waals surface area contributed by atoms with Crippen LogP contribution in [0.2, 0.25) is 5.15 Å². The van der Waals surface area contributed by atoms with Crippen LogP contribution in [0.1, 0.15) is 10.5 Å². The molecule has 0 N–H and O–H groups in total. The van der Waals surface area contributed by atoms with Crippen molar-refractivity contribution in [1.29, 1.82) is 0 Å². The molecular weight excluding hydrogens is 284 g/mol. The molecule has 108 valence electrons. The van der Waals surface area contributed by atoms with Crippen LogP contribution in [0, 0.1) is 0 Å². The fourth-order valence-corrected chi connectivity index (χ4v) is 2.13. The number of piperazine rings is 1. The Kier molecular flexibility index (Phi) is 4.86. The molecule has 1 aromatic heterocycles. The Labute approximate surface area is 121 Å². The van der Waals surface area contributed by atoms with Crippen LogP contribution in [-0.4, -0.2) is 71.5 Å². The Hall–Kier alpha value is -1.73. The van der Waals surface area contributed by atoms with Crippen LogP contribution in [0.25, 0.3) is 0 Å². The highest BCUT2D eigenvalue weighted by Gasteiger charge is 2.25. The normalized spacial score (nSPS) is 15.3. The first-order chi connectivity index (χ1) is 9.61. The van der Waals surface area contributed by atoms with Gasteiger partial charge < -0.3 is 14.5 Å². The molecule has 2 rings (SSSR count). The third-order valence-electron chi connectivity index (χ3n) is 3.01. The Morgan fingerprint density at radius 1 is 1.25 bits per heavy atom. The van der Waals surface area contributed by atoms with E-state index in [1.54, 1.807) is 9.80 Å². The fraction of sp³-hybridized carbons (Fsp3) is 0.500. The lowest BCUT2D eigenvalue weighted by Gasteiger charge is -2.34. The summed E-state index contributed by atoms with van der Waals surface area (Å²) in [6.07, 6.45) is 2.76. The van der Waals surface area contributed by atoms with E-state index in [0.717, 1.165) is 0 Å². The van der Waals surface area contributed by atoms with Crippen LogP contribution < -0.4 is 0 Å². The lowest BCUT2D eigenvalue weighted by Crippen LogP contribution is -2.51. The van der Waals surface area contributed by atoms with Crippen molar-refractivity contribution in [3.8, 4) is 0 Å². The molecule has 8 heteroatoms. The highest BCUT2D eigenvalue weighted by atomic mass is 35.5. The minimum absolute atomic E-state index is 0.0632. The van der Waals surface area contributed by atoms with Gasteiger partial charge in [-0.1, -0.05) is 11.6 Å². The summed E-state index contributed by atoms with van der Waals surface area (Å²) < 4.78 is 4.81. The average Bonchev–Trinajstić information content (AvgIpc) is 2.47. The molecule has 1 aliphatic rings. The SMILES string of the molecule is COCC(=O)N1CCN(C(=O)c2cncc(Cl)n2)CC1. The third kappa shape index (κ3) is 3.43. The summed E-state index contributed by atoms with van der Waals surface area (Å²) >= 11 is 5.72. The Morgan fingerprint density at radius 2 is 1.90 bits per heavy atom. The van der Waals surface area contributed by atoms with Gasteiger partial charge in [-0.2, -0.15) is 0 Å². The fourth-order valence-electron chi connectivity index (χ4n) is 1.98. The van der Waals surface area contributed by atoms with Gasteiger partial charge in [0, 0.05) is 33.3 Å². The van der Waals surface area contributed by atoms with Crippen LogP contribution in [-0.2, 0) is 9.53 Å². The molecule has 1 aromatic rings. The average molecular weight is 299 g/mol. The van der Waals surface area contributed by atoms with Crippen molar-refractivity contribution in [2.24, 2.45) is 0 Å². The maximum Gasteiger partial charge on any atom is 0.274 e. The first-order valence-corrected chi connectivity index (χ1v) is 6.53. The molecule has 0 unspecified atom stereocenters. The van der Waals surface area contributed by atoms with Crippen LogP contribution in [0.15, 0.2) is 12.4 Å². The van der Waals surface area contributed by atoms with Gasteiger partial charge in [0.15, 0.2) is 0 Å². The van der Waals surface area contributed by atoms with Crippen LogP contribution >= 0.6 is 11.6 Å². The summed E-state index contributed by atoms with van der Waals surface area (Å²) in [5.41, 5.74) is 0.217. The summed E-state index contributed by atoms with van der Waals surface area (Å²) in [5, 5.41) is 0.185. The Morgan fingerprint density at radius 3 is 2.50 bits per heavy atom. The molecule has 1 saturated heterocycles. The number of carbonyl (C=O) groups is 2. The number of nitrogens with zero attached hydrogens (tertiary/aromatic N) is 4. The van der Waals surface area contributed by atoms with Crippen molar-refractivity contribution in [3.63, 3.8) is 0 Å². The second kappa shape index (κ2) is 6.62. The van der Waals surface area contributed by atoms with Crippen molar-refractivity contribution in [1.82, 2.24) is 19.8 Å². The Balaban J connectivity index is 1.93. The number of carbonyl (C=O) groups excluding carboxylic acids is 2. The number of methoxy groups -OCH3 is 1. The van der Waals surface area contributed by atoms with Crippen molar-refractivity contribution < 1.29 is 14.3 Å². The van der Waals surface area contributed by atoms with Crippen LogP contribution in [0.4, 0.5) is 0 Å². The van der Waals surface area contributed by atoms with Crippen molar-refractivity contribution in [2.75, 3.05) is 39.9 Å². The zero-order valence-corrected chi connectivity index (χ0v) is 11.8. The van der Waals surface area contributed by atoms with E-state index in [-0.39, 0.29) is 29.3 Å². The number of aromatic nitrogens is 2. The number of hydrogen-bond donors (Lipinski definition) is 0. The van der Waals surface area contributed by atoms with Gasteiger partial charge in [0.25, 0.3) is 5.91 Å². The van der Waals surface area contributed by atoms with Crippen molar-refractivity contribution in [2.45, 2.75) is 0 Å². The van der Waals surface area contributed by atoms with Gasteiger partial charge in [-0.25, -0.2) is 4.98 Å². The maximum atomic E-state index is 12.2. The molecule has 0 aromatic carbocycles. The molecule has 2 heterocycles. The van der Waals surface area contributed by atoms with Gasteiger partial charge in [-0.05, 0) is 0 Å². The molecule has 0 aliphatic carbocycles. The minimum atomic E-state index is -0.223. The van der Waals surface area contributed by atoms with Gasteiger partial charge in [0.2, 0.25) is 5.91 Å². The van der Waals surface area contributed by atoms with E-state index in [1.807, 2.05) is 0 Å². The molecular formula is C12H15ClN4O3. The number of halogens is 1. The van der Waals surface area contributed by atoms with Crippen molar-refractivity contribution in [3.05, 3.63) is 23.2 Å². The van der Waals surface area contributed by atoms with E-state index in [4.69, 9.17) is 16.3 Å². The molecule has 0 atom stereocenters. The van der Waals surface area contributed by atoms with E-state index in [9.17, 15) is 9.59 Å². The number of rotatable bonds is 3. The number of hydrogen-bond acceptors (Lipinski definition) is 5. The quantitative estimate of drug-likeness (QED) is 0.789. The summed E-state index contributed by atoms with van der Waals surface area (Å²) in [4.78, 5) is 34.9. The zero-order valence-electron chi connectivity index (χ0n) is 11.1. The molecule has 1 fully saturated rings. The minimum Gasteiger partial charge on any atom is -0.375 e. The van der Waals surface area contributed by atoms with E-state index < -0.39 is 0 Å². The van der Waals surface area contributed by atoms with Crippen LogP contribution in [0.3, 0.4) is 0 Å². The maximum absolute atomic E-state index is 12.2. The topological polar surface area (TPSA) is 75.6 Å². The summed E-state index contributed by atoms with van der Waals surface area (Å²) in [7, 11) is 1.48. The second-order valence-electron chi connectivity index (χ2n) is 4.33. The lowest BCUT2D eigenvalue weighted by atomic mass is 10.2. The standard InChI is InChI=1S/C12H15ClN4O3/c1-20-8-11(18)16-2-4-17(5-3-16)12(19)9-6-14-7-10(13)15-9/h6-7H,2-5,8H2,1H3. The van der Waals surface area contributed by atoms with Gasteiger partial charge in [0.1, 0.15) is 17.5 Å². The van der Waals surface area contributed by atoms with Crippen LogP contribution in [0.5, 0.6) is 0 Å². The molecule has 0 saturated carbocycles. The molecule has 0 radical (unpaired) electrons. The summed E-state index contributed by atoms with van der Waals surface area (Å²) in [6.45, 7) is 1.96.